The predicted molar refractivity (Wildman–Crippen MR) is 230 cm³/mol. The van der Waals surface area contributed by atoms with Crippen LogP contribution in [0.15, 0.2) is 72.8 Å². The van der Waals surface area contributed by atoms with Gasteiger partial charge in [-0.25, -0.2) is 9.59 Å². The molecule has 298 valence electrons. The molecule has 7 nitrogen and oxygen atoms in total. The highest BCUT2D eigenvalue weighted by molar-refractivity contribution is 7.59. The molecule has 2 atom stereocenters. The lowest BCUT2D eigenvalue weighted by atomic mass is 9.90. The number of aliphatic hydroxyl groups excluding tert-OH is 2. The molecule has 0 aliphatic heterocycles. The molecule has 4 aromatic rings. The molecule has 53 heavy (non-hydrogen) atoms. The lowest BCUT2D eigenvalue weighted by Crippen LogP contribution is -2.16. The first-order valence-electron chi connectivity index (χ1n) is 18.7. The third-order valence-electron chi connectivity index (χ3n) is 8.22. The van der Waals surface area contributed by atoms with Crippen LogP contribution < -0.4 is 0 Å². The Morgan fingerprint density at radius 2 is 1.02 bits per heavy atom. The summed E-state index contributed by atoms with van der Waals surface area (Å²) >= 11 is 0. The monoisotopic (exact) mass is 754 g/mol. The van der Waals surface area contributed by atoms with E-state index in [0.717, 1.165) is 53.8 Å². The molecule has 0 heterocycles. The first kappa shape index (κ1) is 51.7. The van der Waals surface area contributed by atoms with Crippen LogP contribution in [0, 0.1) is 0 Å². The number of methoxy groups -OCH3 is 2. The lowest BCUT2D eigenvalue weighted by molar-refractivity contribution is 0.0320. The van der Waals surface area contributed by atoms with Crippen molar-refractivity contribution in [1.82, 2.24) is 0 Å². The van der Waals surface area contributed by atoms with Crippen molar-refractivity contribution in [1.29, 1.82) is 0 Å². The first-order valence-corrected chi connectivity index (χ1v) is 18.7. The summed E-state index contributed by atoms with van der Waals surface area (Å²) in [6.45, 7) is 12.9. The van der Waals surface area contributed by atoms with Crippen molar-refractivity contribution in [3.8, 4) is 11.1 Å². The van der Waals surface area contributed by atoms with E-state index < -0.39 is 5.97 Å². The van der Waals surface area contributed by atoms with E-state index in [1.54, 1.807) is 14.0 Å². The second kappa shape index (κ2) is 31.0. The highest BCUT2D eigenvalue weighted by Crippen LogP contribution is 2.35. The molecular formula is C45H70O7S. The molecule has 4 rings (SSSR count). The molecule has 2 N–H and O–H groups in total. The number of rotatable bonds is 15. The van der Waals surface area contributed by atoms with Gasteiger partial charge in [-0.15, -0.1) is 0 Å². The van der Waals surface area contributed by atoms with Gasteiger partial charge in [-0.3, -0.25) is 0 Å². The Morgan fingerprint density at radius 3 is 1.38 bits per heavy atom. The number of unbranched alkanes of at least 4 members (excludes halogenated alkanes) is 6. The molecule has 0 saturated carbocycles. The number of carbonyl (C=O) groups excluding carboxylic acids is 2. The minimum Gasteiger partial charge on any atom is -0.465 e. The van der Waals surface area contributed by atoms with Gasteiger partial charge in [-0.05, 0) is 104 Å². The second-order valence-electron chi connectivity index (χ2n) is 12.6. The summed E-state index contributed by atoms with van der Waals surface area (Å²) < 4.78 is 15.5. The van der Waals surface area contributed by atoms with E-state index in [4.69, 9.17) is 19.7 Å². The molecule has 0 aliphatic rings. The highest BCUT2D eigenvalue weighted by atomic mass is 32.1. The van der Waals surface area contributed by atoms with Gasteiger partial charge in [0.05, 0.1) is 30.4 Å². The summed E-state index contributed by atoms with van der Waals surface area (Å²) in [4.78, 5) is 26.3. The number of ether oxygens (including phenoxy) is 3. The maximum absolute atomic E-state index is 13.5. The predicted octanol–water partition coefficient (Wildman–Crippen LogP) is 11.7. The van der Waals surface area contributed by atoms with Gasteiger partial charge in [-0.2, -0.15) is 13.5 Å². The van der Waals surface area contributed by atoms with E-state index in [2.05, 4.69) is 18.6 Å². The van der Waals surface area contributed by atoms with Crippen molar-refractivity contribution in [3.05, 3.63) is 83.9 Å². The van der Waals surface area contributed by atoms with Gasteiger partial charge in [0, 0.05) is 20.3 Å². The van der Waals surface area contributed by atoms with Gasteiger partial charge in [0.15, 0.2) is 0 Å². The number of hydrogen-bond acceptors (Lipinski definition) is 7. The van der Waals surface area contributed by atoms with E-state index >= 15 is 0 Å². The zero-order valence-electron chi connectivity index (χ0n) is 33.0. The number of fused-ring (bicyclic) bond motifs is 2. The van der Waals surface area contributed by atoms with Gasteiger partial charge in [-0.1, -0.05) is 115 Å². The maximum atomic E-state index is 13.5. The number of benzene rings is 4. The number of carbonyl (C=O) groups is 2. The van der Waals surface area contributed by atoms with Crippen molar-refractivity contribution in [2.75, 3.05) is 27.4 Å². The summed E-state index contributed by atoms with van der Waals surface area (Å²) in [5, 5.41) is 20.3. The summed E-state index contributed by atoms with van der Waals surface area (Å²) in [6.07, 6.45) is 11.1. The van der Waals surface area contributed by atoms with Gasteiger partial charge >= 0.3 is 11.9 Å². The Balaban J connectivity index is 0. The first-order chi connectivity index (χ1) is 24.6. The number of hydrogen-bond donors (Lipinski definition) is 2. The van der Waals surface area contributed by atoms with Crippen molar-refractivity contribution < 1.29 is 34.0 Å². The molecule has 4 aromatic carbocycles. The van der Waals surface area contributed by atoms with Crippen molar-refractivity contribution in [2.24, 2.45) is 0 Å². The van der Waals surface area contributed by atoms with Gasteiger partial charge in [0.25, 0.3) is 0 Å². The van der Waals surface area contributed by atoms with Crippen molar-refractivity contribution >= 4 is 47.0 Å². The summed E-state index contributed by atoms with van der Waals surface area (Å²) in [5.74, 6) is -0.819. The van der Waals surface area contributed by atoms with Crippen molar-refractivity contribution in [3.63, 3.8) is 0 Å². The minimum atomic E-state index is -0.442. The molecule has 0 bridgehead atoms. The molecule has 0 fully saturated rings. The summed E-state index contributed by atoms with van der Waals surface area (Å²) in [6, 6.07) is 23.4. The van der Waals surface area contributed by atoms with E-state index in [-0.39, 0.29) is 45.7 Å². The molecule has 0 aliphatic carbocycles. The van der Waals surface area contributed by atoms with E-state index in [0.29, 0.717) is 22.3 Å². The molecular weight excluding hydrogens is 685 g/mol. The Labute approximate surface area is 327 Å². The van der Waals surface area contributed by atoms with Crippen LogP contribution in [0.3, 0.4) is 0 Å². The smallest absolute Gasteiger partial charge is 0.339 e. The highest BCUT2D eigenvalue weighted by Gasteiger charge is 2.23. The fourth-order valence-electron chi connectivity index (χ4n) is 5.40. The summed E-state index contributed by atoms with van der Waals surface area (Å²) in [5.41, 5.74) is 2.19. The van der Waals surface area contributed by atoms with Crippen LogP contribution in [0.5, 0.6) is 0 Å². The van der Waals surface area contributed by atoms with Crippen LogP contribution in [0.2, 0.25) is 0 Å². The maximum Gasteiger partial charge on any atom is 0.339 e. The van der Waals surface area contributed by atoms with E-state index in [1.807, 2.05) is 93.6 Å². The fourth-order valence-corrected chi connectivity index (χ4v) is 5.40. The average molecular weight is 755 g/mol. The topological polar surface area (TPSA) is 102 Å². The third kappa shape index (κ3) is 19.5. The molecule has 0 aromatic heterocycles. The Kier molecular flexibility index (Phi) is 30.2. The number of aliphatic hydroxyl groups is 2. The van der Waals surface area contributed by atoms with Crippen LogP contribution in [0.4, 0.5) is 0 Å². The minimum absolute atomic E-state index is 0. The zero-order chi connectivity index (χ0) is 38.0. The van der Waals surface area contributed by atoms with E-state index in [1.165, 1.54) is 45.6 Å². The molecule has 0 unspecified atom stereocenters. The van der Waals surface area contributed by atoms with Crippen LogP contribution in [-0.4, -0.2) is 61.8 Å². The Hall–Kier alpha value is -3.43. The molecule has 0 saturated heterocycles. The third-order valence-corrected chi connectivity index (χ3v) is 8.22. The second-order valence-corrected chi connectivity index (χ2v) is 12.6. The van der Waals surface area contributed by atoms with Gasteiger partial charge in [0.1, 0.15) is 0 Å². The molecule has 8 heteroatoms. The SMILES string of the molecule is C.CCCCCC[C@H](C)O.CCCCCC[C@H](C)OC(=O)c1cc2ccccc2cc1-c1cc2ccccc2cc1C(=O)OC.CCO.CCOC.S. The Morgan fingerprint density at radius 1 is 0.642 bits per heavy atom. The standard InChI is InChI=1S/C31H32O4.C8H18O.C3H8O.C2H6O.CH4.H2S/c1-4-5-6-7-12-21(2)35-31(33)29-20-25-16-11-9-14-23(25)18-27(29)26-17-22-13-8-10-15-24(22)19-28(26)30(32)34-3;1-3-4-5-6-7-8(2)9;1-3-4-2;1-2-3;;/h8-11,13-21H,4-7,12H2,1-3H3;8-9H,3-7H2,1-2H3;3H2,1-2H3;3H,2H2,1H3;1H4;1H2/t21-;8-;;;;/m00..../s1. The summed E-state index contributed by atoms with van der Waals surface area (Å²) in [7, 11) is 3.05. The Bertz CT molecular complexity index is 1550. The van der Waals surface area contributed by atoms with Crippen LogP contribution in [0.1, 0.15) is 134 Å². The zero-order valence-corrected chi connectivity index (χ0v) is 34.0. The van der Waals surface area contributed by atoms with Crippen LogP contribution in [0.25, 0.3) is 32.7 Å². The van der Waals surface area contributed by atoms with Crippen LogP contribution in [-0.2, 0) is 14.2 Å². The fraction of sp³-hybridized carbons (Fsp3) is 0.511. The molecule has 0 spiro atoms. The van der Waals surface area contributed by atoms with Gasteiger partial charge in [0.2, 0.25) is 0 Å². The number of esters is 2. The average Bonchev–Trinajstić information content (AvgIpc) is 3.14. The largest absolute Gasteiger partial charge is 0.465 e. The van der Waals surface area contributed by atoms with Crippen LogP contribution >= 0.6 is 13.5 Å². The quantitative estimate of drug-likeness (QED) is 0.0920. The normalized spacial score (nSPS) is 11.1. The molecule has 0 radical (unpaired) electrons. The van der Waals surface area contributed by atoms with Gasteiger partial charge < -0.3 is 24.4 Å². The van der Waals surface area contributed by atoms with Crippen molar-refractivity contribution in [2.45, 2.75) is 125 Å². The molecule has 0 amide bonds. The van der Waals surface area contributed by atoms with E-state index in [9.17, 15) is 9.59 Å². The lowest BCUT2D eigenvalue weighted by Gasteiger charge is -2.18.